The Morgan fingerprint density at radius 1 is 1.39 bits per heavy atom. The van der Waals surface area contributed by atoms with Crippen molar-refractivity contribution in [2.24, 2.45) is 0 Å². The molecular formula is C10H5F3N2O2S. The molecule has 0 saturated carbocycles. The lowest BCUT2D eigenvalue weighted by Crippen LogP contribution is -2.05. The van der Waals surface area contributed by atoms with Crippen molar-refractivity contribution in [3.63, 3.8) is 0 Å². The van der Waals surface area contributed by atoms with Crippen LogP contribution in [0.2, 0.25) is 0 Å². The number of nitrogens with zero attached hydrogens (tertiary/aromatic N) is 2. The van der Waals surface area contributed by atoms with E-state index in [0.29, 0.717) is 0 Å². The third-order valence-corrected chi connectivity index (χ3v) is 2.89. The molecule has 0 radical (unpaired) electrons. The molecule has 8 heteroatoms. The zero-order chi connectivity index (χ0) is 13.3. The molecule has 0 aliphatic carbocycles. The van der Waals surface area contributed by atoms with Crippen LogP contribution in [0.3, 0.4) is 0 Å². The molecule has 0 spiro atoms. The summed E-state index contributed by atoms with van der Waals surface area (Å²) >= 11 is 0.763. The molecule has 4 nitrogen and oxygen atoms in total. The van der Waals surface area contributed by atoms with Gasteiger partial charge in [0, 0.05) is 11.6 Å². The van der Waals surface area contributed by atoms with E-state index in [0.717, 1.165) is 16.7 Å². The Labute approximate surface area is 103 Å². The Bertz CT molecular complexity index is 595. The quantitative estimate of drug-likeness (QED) is 0.914. The number of rotatable bonds is 2. The zero-order valence-corrected chi connectivity index (χ0v) is 9.42. The summed E-state index contributed by atoms with van der Waals surface area (Å²) in [5.41, 5.74) is -0.954. The van der Waals surface area contributed by atoms with Crippen LogP contribution >= 0.6 is 11.3 Å². The van der Waals surface area contributed by atoms with Crippen LogP contribution in [0.25, 0.3) is 10.7 Å². The summed E-state index contributed by atoms with van der Waals surface area (Å²) < 4.78 is 37.1. The Morgan fingerprint density at radius 2 is 2.11 bits per heavy atom. The van der Waals surface area contributed by atoms with E-state index >= 15 is 0 Å². The van der Waals surface area contributed by atoms with Crippen LogP contribution in [-0.4, -0.2) is 21.0 Å². The fourth-order valence-electron chi connectivity index (χ4n) is 1.20. The normalized spacial score (nSPS) is 11.5. The minimum Gasteiger partial charge on any atom is -0.478 e. The lowest BCUT2D eigenvalue weighted by atomic mass is 10.2. The molecule has 0 atom stereocenters. The molecule has 2 rings (SSSR count). The molecule has 94 valence electrons. The van der Waals surface area contributed by atoms with Gasteiger partial charge in [-0.25, -0.2) is 9.78 Å². The molecule has 2 aromatic rings. The van der Waals surface area contributed by atoms with Crippen LogP contribution in [0.15, 0.2) is 23.7 Å². The molecule has 0 fully saturated rings. The van der Waals surface area contributed by atoms with E-state index in [2.05, 4.69) is 9.97 Å². The number of halogens is 3. The Morgan fingerprint density at radius 3 is 2.67 bits per heavy atom. The van der Waals surface area contributed by atoms with Gasteiger partial charge in [0.15, 0.2) is 5.69 Å². The van der Waals surface area contributed by atoms with Crippen LogP contribution in [-0.2, 0) is 6.18 Å². The zero-order valence-electron chi connectivity index (χ0n) is 8.60. The van der Waals surface area contributed by atoms with Crippen molar-refractivity contribution in [2.45, 2.75) is 6.18 Å². The fourth-order valence-corrected chi connectivity index (χ4v) is 2.00. The van der Waals surface area contributed by atoms with E-state index in [9.17, 15) is 18.0 Å². The molecule has 2 aromatic heterocycles. The average Bonchev–Trinajstić information content (AvgIpc) is 2.78. The fraction of sp³-hybridized carbons (Fsp3) is 0.100. The van der Waals surface area contributed by atoms with Crippen LogP contribution in [0.5, 0.6) is 0 Å². The summed E-state index contributed by atoms with van der Waals surface area (Å²) in [5, 5.41) is 9.66. The number of carbonyl (C=O) groups is 1. The third-order valence-electron chi connectivity index (χ3n) is 2.02. The Hall–Kier alpha value is -1.96. The van der Waals surface area contributed by atoms with Gasteiger partial charge in [-0.2, -0.15) is 13.2 Å². The average molecular weight is 274 g/mol. The largest absolute Gasteiger partial charge is 0.478 e. The van der Waals surface area contributed by atoms with Crippen molar-refractivity contribution in [3.8, 4) is 10.7 Å². The number of hydrogen-bond donors (Lipinski definition) is 1. The Kier molecular flexibility index (Phi) is 3.04. The van der Waals surface area contributed by atoms with E-state index in [1.165, 1.54) is 18.3 Å². The first-order valence-corrected chi connectivity index (χ1v) is 5.48. The standard InChI is InChI=1S/C10H5F3N2O2S/c11-10(12,13)7-4-18-8(15-7)6-3-5(9(16)17)1-2-14-6/h1-4H,(H,16,17). The van der Waals surface area contributed by atoms with Gasteiger partial charge >= 0.3 is 12.1 Å². The van der Waals surface area contributed by atoms with Gasteiger partial charge in [0.1, 0.15) is 5.01 Å². The van der Waals surface area contributed by atoms with Crippen molar-refractivity contribution in [3.05, 3.63) is 35.0 Å². The lowest BCUT2D eigenvalue weighted by Gasteiger charge is -2.00. The first kappa shape index (κ1) is 12.5. The summed E-state index contributed by atoms with van der Waals surface area (Å²) in [6, 6.07) is 2.44. The third kappa shape index (κ3) is 2.48. The van der Waals surface area contributed by atoms with E-state index in [4.69, 9.17) is 5.11 Å². The smallest absolute Gasteiger partial charge is 0.434 e. The van der Waals surface area contributed by atoms with Crippen molar-refractivity contribution >= 4 is 17.3 Å². The van der Waals surface area contributed by atoms with E-state index < -0.39 is 17.8 Å². The topological polar surface area (TPSA) is 63.1 Å². The van der Waals surface area contributed by atoms with Gasteiger partial charge in [-0.15, -0.1) is 11.3 Å². The van der Waals surface area contributed by atoms with E-state index in [1.54, 1.807) is 0 Å². The van der Waals surface area contributed by atoms with Gasteiger partial charge in [-0.3, -0.25) is 4.98 Å². The number of carboxylic acid groups (broad SMARTS) is 1. The molecule has 2 heterocycles. The highest BCUT2D eigenvalue weighted by molar-refractivity contribution is 7.13. The number of hydrogen-bond acceptors (Lipinski definition) is 4. The number of thiazole rings is 1. The summed E-state index contributed by atoms with van der Waals surface area (Å²) in [4.78, 5) is 17.9. The van der Waals surface area contributed by atoms with Crippen LogP contribution in [0.1, 0.15) is 16.1 Å². The minimum absolute atomic E-state index is 0.0328. The second kappa shape index (κ2) is 4.37. The summed E-state index contributed by atoms with van der Waals surface area (Å²) in [7, 11) is 0. The summed E-state index contributed by atoms with van der Waals surface area (Å²) in [6.07, 6.45) is -3.30. The Balaban J connectivity index is 2.40. The summed E-state index contributed by atoms with van der Waals surface area (Å²) in [5.74, 6) is -1.17. The highest BCUT2D eigenvalue weighted by Gasteiger charge is 2.33. The maximum absolute atomic E-state index is 12.4. The molecule has 0 unspecified atom stereocenters. The van der Waals surface area contributed by atoms with Crippen molar-refractivity contribution in [1.82, 2.24) is 9.97 Å². The van der Waals surface area contributed by atoms with E-state index in [1.807, 2.05) is 0 Å². The SMILES string of the molecule is O=C(O)c1ccnc(-c2nc(C(F)(F)F)cs2)c1. The molecule has 0 aliphatic rings. The molecule has 0 saturated heterocycles. The molecule has 0 amide bonds. The predicted molar refractivity (Wildman–Crippen MR) is 57.3 cm³/mol. The van der Waals surface area contributed by atoms with Gasteiger partial charge in [-0.05, 0) is 12.1 Å². The molecule has 0 aliphatic heterocycles. The minimum atomic E-state index is -4.51. The van der Waals surface area contributed by atoms with Gasteiger partial charge in [0.25, 0.3) is 0 Å². The van der Waals surface area contributed by atoms with Gasteiger partial charge in [0.05, 0.1) is 11.3 Å². The highest BCUT2D eigenvalue weighted by atomic mass is 32.1. The van der Waals surface area contributed by atoms with Gasteiger partial charge in [0.2, 0.25) is 0 Å². The molecule has 0 aromatic carbocycles. The number of aromatic carboxylic acids is 1. The maximum Gasteiger partial charge on any atom is 0.434 e. The first-order valence-electron chi connectivity index (χ1n) is 4.60. The predicted octanol–water partition coefficient (Wildman–Crippen LogP) is 2.92. The lowest BCUT2D eigenvalue weighted by molar-refractivity contribution is -0.140. The number of alkyl halides is 3. The molecule has 0 bridgehead atoms. The molecular weight excluding hydrogens is 269 g/mol. The van der Waals surface area contributed by atoms with Crippen LogP contribution in [0.4, 0.5) is 13.2 Å². The highest BCUT2D eigenvalue weighted by Crippen LogP contribution is 2.32. The number of aromatic nitrogens is 2. The van der Waals surface area contributed by atoms with Crippen LogP contribution in [0, 0.1) is 0 Å². The first-order chi connectivity index (χ1) is 8.38. The van der Waals surface area contributed by atoms with Crippen molar-refractivity contribution < 1.29 is 23.1 Å². The van der Waals surface area contributed by atoms with E-state index in [-0.39, 0.29) is 16.3 Å². The van der Waals surface area contributed by atoms with Gasteiger partial charge in [-0.1, -0.05) is 0 Å². The van der Waals surface area contributed by atoms with Crippen LogP contribution < -0.4 is 0 Å². The molecule has 1 N–H and O–H groups in total. The summed E-state index contributed by atoms with van der Waals surface area (Å²) in [6.45, 7) is 0. The number of pyridine rings is 1. The second-order valence-corrected chi connectivity index (χ2v) is 4.13. The maximum atomic E-state index is 12.4. The number of carboxylic acids is 1. The monoisotopic (exact) mass is 274 g/mol. The molecule has 18 heavy (non-hydrogen) atoms. The van der Waals surface area contributed by atoms with Crippen molar-refractivity contribution in [1.29, 1.82) is 0 Å². The second-order valence-electron chi connectivity index (χ2n) is 3.27. The van der Waals surface area contributed by atoms with Crippen molar-refractivity contribution in [2.75, 3.05) is 0 Å². The van der Waals surface area contributed by atoms with Gasteiger partial charge < -0.3 is 5.11 Å².